The zero-order valence-electron chi connectivity index (χ0n) is 14.9. The predicted molar refractivity (Wildman–Crippen MR) is 98.3 cm³/mol. The first kappa shape index (κ1) is 20.8. The van der Waals surface area contributed by atoms with Crippen LogP contribution in [0.4, 0.5) is 13.2 Å². The molecule has 0 saturated carbocycles. The molecule has 0 aliphatic rings. The summed E-state index contributed by atoms with van der Waals surface area (Å²) in [6.45, 7) is 3.11. The van der Waals surface area contributed by atoms with E-state index in [4.69, 9.17) is 4.74 Å². The molecule has 0 radical (unpaired) electrons. The molecule has 2 rings (SSSR count). The van der Waals surface area contributed by atoms with Crippen molar-refractivity contribution in [3.63, 3.8) is 0 Å². The van der Waals surface area contributed by atoms with E-state index in [-0.39, 0.29) is 12.3 Å². The number of rotatable bonds is 7. The molecular formula is C17H21F3N4O2S. The van der Waals surface area contributed by atoms with Gasteiger partial charge in [0.2, 0.25) is 0 Å². The number of aliphatic imine (C=N–C) groups is 1. The van der Waals surface area contributed by atoms with Crippen LogP contribution in [0.3, 0.4) is 0 Å². The Morgan fingerprint density at radius 3 is 2.74 bits per heavy atom. The molecule has 0 saturated heterocycles. The quantitative estimate of drug-likeness (QED) is 0.490. The number of alkyl halides is 3. The average molecular weight is 402 g/mol. The van der Waals surface area contributed by atoms with Crippen LogP contribution in [0.25, 0.3) is 0 Å². The maximum absolute atomic E-state index is 12.6. The molecule has 0 bridgehead atoms. The Morgan fingerprint density at radius 2 is 2.11 bits per heavy atom. The standard InChI is InChI=1S/C17H21F3N4O2S/c1-3-21-16(23-9-11-5-4-6-12(26-2)15(11)25)22-8-7-14-24-13(10-27-14)17(18,19)20/h4-6,10,25H,3,7-9H2,1-2H3,(H2,21,22,23). The van der Waals surface area contributed by atoms with Gasteiger partial charge in [-0.2, -0.15) is 13.2 Å². The molecule has 1 aromatic carbocycles. The minimum atomic E-state index is -4.42. The number of nitrogens with zero attached hydrogens (tertiary/aromatic N) is 2. The molecule has 0 aliphatic heterocycles. The first-order valence-corrected chi connectivity index (χ1v) is 9.11. The summed E-state index contributed by atoms with van der Waals surface area (Å²) in [5.41, 5.74) is -0.266. The minimum absolute atomic E-state index is 0.0297. The Morgan fingerprint density at radius 1 is 1.33 bits per heavy atom. The lowest BCUT2D eigenvalue weighted by molar-refractivity contribution is -0.140. The number of aromatic nitrogens is 1. The molecule has 0 unspecified atom stereocenters. The highest BCUT2D eigenvalue weighted by atomic mass is 32.1. The molecule has 27 heavy (non-hydrogen) atoms. The van der Waals surface area contributed by atoms with Gasteiger partial charge in [0, 0.05) is 30.5 Å². The highest BCUT2D eigenvalue weighted by Gasteiger charge is 2.33. The molecule has 0 atom stereocenters. The number of benzene rings is 1. The number of hydrogen-bond donors (Lipinski definition) is 3. The van der Waals surface area contributed by atoms with E-state index < -0.39 is 11.9 Å². The van der Waals surface area contributed by atoms with Gasteiger partial charge < -0.3 is 20.5 Å². The molecule has 0 fully saturated rings. The average Bonchev–Trinajstić information content (AvgIpc) is 3.10. The molecular weight excluding hydrogens is 381 g/mol. The number of ether oxygens (including phenoxy) is 1. The van der Waals surface area contributed by atoms with Crippen LogP contribution in [0.2, 0.25) is 0 Å². The number of aromatic hydroxyl groups is 1. The van der Waals surface area contributed by atoms with Crippen molar-refractivity contribution in [2.75, 3.05) is 20.2 Å². The van der Waals surface area contributed by atoms with E-state index in [9.17, 15) is 18.3 Å². The molecule has 1 heterocycles. The predicted octanol–water partition coefficient (Wildman–Crippen LogP) is 3.17. The monoisotopic (exact) mass is 402 g/mol. The second-order valence-electron chi connectivity index (χ2n) is 5.46. The minimum Gasteiger partial charge on any atom is -0.504 e. The van der Waals surface area contributed by atoms with E-state index in [2.05, 4.69) is 20.6 Å². The molecule has 148 valence electrons. The van der Waals surface area contributed by atoms with Crippen molar-refractivity contribution in [1.29, 1.82) is 0 Å². The SMILES string of the molecule is CCNC(=NCc1cccc(OC)c1O)NCCc1nc(C(F)(F)F)cs1. The highest BCUT2D eigenvalue weighted by Crippen LogP contribution is 2.30. The largest absolute Gasteiger partial charge is 0.504 e. The number of methoxy groups -OCH3 is 1. The Kier molecular flexibility index (Phi) is 7.28. The van der Waals surface area contributed by atoms with Crippen molar-refractivity contribution in [3.05, 3.63) is 39.8 Å². The number of thiazole rings is 1. The van der Waals surface area contributed by atoms with Crippen LogP contribution in [-0.4, -0.2) is 36.2 Å². The van der Waals surface area contributed by atoms with E-state index in [0.29, 0.717) is 41.8 Å². The number of phenolic OH excluding ortho intramolecular Hbond substituents is 1. The first-order chi connectivity index (χ1) is 12.8. The zero-order chi connectivity index (χ0) is 19.9. The third-order valence-corrected chi connectivity index (χ3v) is 4.44. The first-order valence-electron chi connectivity index (χ1n) is 8.23. The Bertz CT molecular complexity index is 778. The molecule has 3 N–H and O–H groups in total. The maximum Gasteiger partial charge on any atom is 0.434 e. The van der Waals surface area contributed by atoms with E-state index in [1.165, 1.54) is 7.11 Å². The van der Waals surface area contributed by atoms with Crippen molar-refractivity contribution in [3.8, 4) is 11.5 Å². The van der Waals surface area contributed by atoms with Crippen molar-refractivity contribution < 1.29 is 23.0 Å². The summed E-state index contributed by atoms with van der Waals surface area (Å²) in [7, 11) is 1.47. The van der Waals surface area contributed by atoms with Gasteiger partial charge >= 0.3 is 6.18 Å². The third kappa shape index (κ3) is 6.02. The smallest absolute Gasteiger partial charge is 0.434 e. The van der Waals surface area contributed by atoms with Crippen molar-refractivity contribution >= 4 is 17.3 Å². The van der Waals surface area contributed by atoms with Gasteiger partial charge in [-0.25, -0.2) is 9.98 Å². The molecule has 6 nitrogen and oxygen atoms in total. The molecule has 0 spiro atoms. The molecule has 1 aromatic heterocycles. The van der Waals surface area contributed by atoms with Crippen LogP contribution in [0.5, 0.6) is 11.5 Å². The van der Waals surface area contributed by atoms with Gasteiger partial charge in [0.1, 0.15) is 0 Å². The third-order valence-electron chi connectivity index (χ3n) is 3.53. The lowest BCUT2D eigenvalue weighted by atomic mass is 10.2. The summed E-state index contributed by atoms with van der Waals surface area (Å²) < 4.78 is 42.8. The van der Waals surface area contributed by atoms with Crippen LogP contribution in [0.15, 0.2) is 28.6 Å². The van der Waals surface area contributed by atoms with Crippen LogP contribution in [0.1, 0.15) is 23.2 Å². The fourth-order valence-electron chi connectivity index (χ4n) is 2.21. The fraction of sp³-hybridized carbons (Fsp3) is 0.412. The van der Waals surface area contributed by atoms with Gasteiger partial charge in [0.25, 0.3) is 0 Å². The second kappa shape index (κ2) is 9.45. The highest BCUT2D eigenvalue weighted by molar-refractivity contribution is 7.09. The fourth-order valence-corrected chi connectivity index (χ4v) is 3.01. The number of phenols is 1. The van der Waals surface area contributed by atoms with Crippen molar-refractivity contribution in [2.45, 2.75) is 26.1 Å². The van der Waals surface area contributed by atoms with Crippen LogP contribution >= 0.6 is 11.3 Å². The topological polar surface area (TPSA) is 78.8 Å². The van der Waals surface area contributed by atoms with Gasteiger partial charge in [0.15, 0.2) is 23.2 Å². The van der Waals surface area contributed by atoms with Gasteiger partial charge in [-0.05, 0) is 13.0 Å². The summed E-state index contributed by atoms with van der Waals surface area (Å²) in [6.07, 6.45) is -4.08. The lowest BCUT2D eigenvalue weighted by Gasteiger charge is -2.11. The molecule has 2 aromatic rings. The Labute approximate surface area is 159 Å². The zero-order valence-corrected chi connectivity index (χ0v) is 15.7. The van der Waals surface area contributed by atoms with E-state index >= 15 is 0 Å². The van der Waals surface area contributed by atoms with E-state index in [0.717, 1.165) is 16.7 Å². The summed E-state index contributed by atoms with van der Waals surface area (Å²) in [5.74, 6) is 0.888. The van der Waals surface area contributed by atoms with Gasteiger partial charge in [-0.1, -0.05) is 12.1 Å². The Balaban J connectivity index is 1.95. The lowest BCUT2D eigenvalue weighted by Crippen LogP contribution is -2.38. The Hall–Kier alpha value is -2.49. The summed E-state index contributed by atoms with van der Waals surface area (Å²) in [6, 6.07) is 5.14. The van der Waals surface area contributed by atoms with Gasteiger partial charge in [-0.3, -0.25) is 0 Å². The normalized spacial score (nSPS) is 12.1. The maximum atomic E-state index is 12.6. The number of para-hydroxylation sites is 1. The van der Waals surface area contributed by atoms with Crippen molar-refractivity contribution in [2.24, 2.45) is 4.99 Å². The van der Waals surface area contributed by atoms with E-state index in [1.807, 2.05) is 6.92 Å². The van der Waals surface area contributed by atoms with Gasteiger partial charge in [-0.15, -0.1) is 11.3 Å². The number of halogens is 3. The van der Waals surface area contributed by atoms with E-state index in [1.54, 1.807) is 18.2 Å². The summed E-state index contributed by atoms with van der Waals surface area (Å²) >= 11 is 0.979. The van der Waals surface area contributed by atoms with Crippen molar-refractivity contribution in [1.82, 2.24) is 15.6 Å². The number of guanidine groups is 1. The van der Waals surface area contributed by atoms with Crippen LogP contribution in [0, 0.1) is 0 Å². The molecule has 10 heteroatoms. The molecule has 0 aliphatic carbocycles. The number of nitrogens with one attached hydrogen (secondary N) is 2. The summed E-state index contributed by atoms with van der Waals surface area (Å²) in [5, 5.41) is 17.6. The summed E-state index contributed by atoms with van der Waals surface area (Å²) in [4.78, 5) is 7.97. The number of hydrogen-bond acceptors (Lipinski definition) is 5. The van der Waals surface area contributed by atoms with Crippen LogP contribution < -0.4 is 15.4 Å². The van der Waals surface area contributed by atoms with Crippen LogP contribution in [-0.2, 0) is 19.1 Å². The molecule has 0 amide bonds. The second-order valence-corrected chi connectivity index (χ2v) is 6.41. The van der Waals surface area contributed by atoms with Gasteiger partial charge in [0.05, 0.1) is 18.7 Å².